The molecule has 3 aromatic rings. The average Bonchev–Trinajstić information content (AvgIpc) is 3.23. The maximum absolute atomic E-state index is 13.2. The summed E-state index contributed by atoms with van der Waals surface area (Å²) in [6.07, 6.45) is 5.59. The van der Waals surface area contributed by atoms with Gasteiger partial charge in [-0.05, 0) is 80.4 Å². The number of rotatable bonds is 7. The first-order chi connectivity index (χ1) is 18.0. The van der Waals surface area contributed by atoms with Crippen LogP contribution in [0.1, 0.15) is 59.3 Å². The third-order valence-corrected chi connectivity index (χ3v) is 6.97. The Morgan fingerprint density at radius 2 is 1.76 bits per heavy atom. The number of likely N-dealkylation sites (tertiary alicyclic amines) is 1. The lowest BCUT2D eigenvalue weighted by Crippen LogP contribution is -2.29. The van der Waals surface area contributed by atoms with Crippen LogP contribution in [0.25, 0.3) is 5.57 Å². The molecule has 2 amide bonds. The lowest BCUT2D eigenvalue weighted by molar-refractivity contribution is -0.110. The van der Waals surface area contributed by atoms with E-state index >= 15 is 0 Å². The SMILES string of the molecule is C[C@@H](NC(=O)c1ccc2c(c1)NC(=O)C2=CNc1ccc(CN2CCCCC2)cc1)c1ccc(F)cc1. The zero-order valence-electron chi connectivity index (χ0n) is 20.9. The summed E-state index contributed by atoms with van der Waals surface area (Å²) in [5.41, 5.74) is 5.27. The van der Waals surface area contributed by atoms with Gasteiger partial charge in [0, 0.05) is 35.2 Å². The zero-order chi connectivity index (χ0) is 25.8. The Labute approximate surface area is 216 Å². The van der Waals surface area contributed by atoms with Gasteiger partial charge in [-0.2, -0.15) is 0 Å². The van der Waals surface area contributed by atoms with Crippen molar-refractivity contribution in [1.82, 2.24) is 10.2 Å². The molecule has 1 atom stereocenters. The Morgan fingerprint density at radius 3 is 2.49 bits per heavy atom. The van der Waals surface area contributed by atoms with Crippen molar-refractivity contribution in [3.63, 3.8) is 0 Å². The van der Waals surface area contributed by atoms with Gasteiger partial charge in [0.25, 0.3) is 11.8 Å². The van der Waals surface area contributed by atoms with Gasteiger partial charge >= 0.3 is 0 Å². The first-order valence-electron chi connectivity index (χ1n) is 12.8. The van der Waals surface area contributed by atoms with E-state index in [1.165, 1.54) is 37.0 Å². The molecule has 3 N–H and O–H groups in total. The summed E-state index contributed by atoms with van der Waals surface area (Å²) in [6.45, 7) is 5.14. The molecule has 7 heteroatoms. The smallest absolute Gasteiger partial charge is 0.257 e. The van der Waals surface area contributed by atoms with Gasteiger partial charge in [0.1, 0.15) is 5.82 Å². The van der Waals surface area contributed by atoms with Crippen molar-refractivity contribution in [3.8, 4) is 0 Å². The van der Waals surface area contributed by atoms with E-state index in [4.69, 9.17) is 0 Å². The van der Waals surface area contributed by atoms with Gasteiger partial charge in [0.2, 0.25) is 0 Å². The van der Waals surface area contributed by atoms with Crippen LogP contribution in [-0.2, 0) is 11.3 Å². The van der Waals surface area contributed by atoms with Crippen molar-refractivity contribution >= 4 is 28.8 Å². The van der Waals surface area contributed by atoms with Crippen LogP contribution in [0.5, 0.6) is 0 Å². The van der Waals surface area contributed by atoms with Crippen molar-refractivity contribution < 1.29 is 14.0 Å². The maximum atomic E-state index is 13.2. The van der Waals surface area contributed by atoms with Gasteiger partial charge < -0.3 is 16.0 Å². The maximum Gasteiger partial charge on any atom is 0.257 e. The highest BCUT2D eigenvalue weighted by atomic mass is 19.1. The van der Waals surface area contributed by atoms with E-state index in [0.717, 1.165) is 36.4 Å². The summed E-state index contributed by atoms with van der Waals surface area (Å²) in [5.74, 6) is -0.810. The second-order valence-corrected chi connectivity index (χ2v) is 9.70. The summed E-state index contributed by atoms with van der Waals surface area (Å²) < 4.78 is 13.2. The molecule has 0 radical (unpaired) electrons. The average molecular weight is 499 g/mol. The standard InChI is InChI=1S/C30H31FN4O2/c1-20(22-7-10-24(31)11-8-22)33-29(36)23-9-14-26-27(30(37)34-28(26)17-23)18-32-25-12-5-21(6-13-25)19-35-15-3-2-4-16-35/h5-14,17-18,20,32H,2-4,15-16,19H2,1H3,(H,33,36)(H,34,37)/t20-/m1/s1. The van der Waals surface area contributed by atoms with Crippen LogP contribution in [0.4, 0.5) is 15.8 Å². The lowest BCUT2D eigenvalue weighted by Gasteiger charge is -2.26. The summed E-state index contributed by atoms with van der Waals surface area (Å²) >= 11 is 0. The van der Waals surface area contributed by atoms with Crippen LogP contribution in [0.3, 0.4) is 0 Å². The van der Waals surface area contributed by atoms with E-state index in [9.17, 15) is 14.0 Å². The molecule has 1 fully saturated rings. The molecule has 37 heavy (non-hydrogen) atoms. The van der Waals surface area contributed by atoms with Crippen LogP contribution >= 0.6 is 0 Å². The lowest BCUT2D eigenvalue weighted by atomic mass is 10.0. The minimum absolute atomic E-state index is 0.221. The molecular formula is C30H31FN4O2. The van der Waals surface area contributed by atoms with Crippen molar-refractivity contribution in [2.75, 3.05) is 23.7 Å². The Hall–Kier alpha value is -3.97. The molecule has 1 saturated heterocycles. The predicted molar refractivity (Wildman–Crippen MR) is 145 cm³/mol. The Bertz CT molecular complexity index is 1310. The quantitative estimate of drug-likeness (QED) is 0.365. The highest BCUT2D eigenvalue weighted by Gasteiger charge is 2.25. The topological polar surface area (TPSA) is 73.5 Å². The molecule has 2 aliphatic rings. The fourth-order valence-electron chi connectivity index (χ4n) is 4.83. The van der Waals surface area contributed by atoms with Crippen LogP contribution in [0.2, 0.25) is 0 Å². The molecule has 0 bridgehead atoms. The van der Waals surface area contributed by atoms with Gasteiger partial charge in [-0.15, -0.1) is 0 Å². The summed E-state index contributed by atoms with van der Waals surface area (Å²) in [5, 5.41) is 9.00. The number of hydrogen-bond donors (Lipinski definition) is 3. The summed E-state index contributed by atoms with van der Waals surface area (Å²) in [4.78, 5) is 27.9. The van der Waals surface area contributed by atoms with E-state index < -0.39 is 0 Å². The highest BCUT2D eigenvalue weighted by molar-refractivity contribution is 6.32. The number of anilines is 2. The van der Waals surface area contributed by atoms with Crippen molar-refractivity contribution in [1.29, 1.82) is 0 Å². The monoisotopic (exact) mass is 498 g/mol. The van der Waals surface area contributed by atoms with Crippen molar-refractivity contribution in [3.05, 3.63) is 101 Å². The van der Waals surface area contributed by atoms with Crippen molar-refractivity contribution in [2.24, 2.45) is 0 Å². The molecule has 6 nitrogen and oxygen atoms in total. The molecule has 0 unspecified atom stereocenters. The second kappa shape index (κ2) is 11.0. The predicted octanol–water partition coefficient (Wildman–Crippen LogP) is 5.71. The Kier molecular flexibility index (Phi) is 7.32. The van der Waals surface area contributed by atoms with Crippen molar-refractivity contribution in [2.45, 2.75) is 38.8 Å². The Balaban J connectivity index is 1.23. The third kappa shape index (κ3) is 5.89. The van der Waals surface area contributed by atoms with Crippen LogP contribution in [0, 0.1) is 5.82 Å². The number of fused-ring (bicyclic) bond motifs is 1. The molecule has 0 aliphatic carbocycles. The number of amides is 2. The molecule has 0 saturated carbocycles. The molecule has 0 aromatic heterocycles. The van der Waals surface area contributed by atoms with E-state index in [1.54, 1.807) is 36.5 Å². The van der Waals surface area contributed by atoms with E-state index in [2.05, 4.69) is 33.0 Å². The number of benzene rings is 3. The number of carbonyl (C=O) groups is 2. The first-order valence-corrected chi connectivity index (χ1v) is 12.8. The number of halogens is 1. The number of nitrogens with zero attached hydrogens (tertiary/aromatic N) is 1. The second-order valence-electron chi connectivity index (χ2n) is 9.70. The van der Waals surface area contributed by atoms with Crippen LogP contribution < -0.4 is 16.0 Å². The van der Waals surface area contributed by atoms with Gasteiger partial charge in [-0.3, -0.25) is 14.5 Å². The minimum atomic E-state index is -0.320. The largest absolute Gasteiger partial charge is 0.361 e. The molecule has 2 aliphatic heterocycles. The number of hydrogen-bond acceptors (Lipinski definition) is 4. The first kappa shape index (κ1) is 24.7. The van der Waals surface area contributed by atoms with E-state index in [0.29, 0.717) is 16.8 Å². The number of piperidine rings is 1. The summed E-state index contributed by atoms with van der Waals surface area (Å²) in [6, 6.07) is 19.2. The van der Waals surface area contributed by atoms with Crippen LogP contribution in [-0.4, -0.2) is 29.8 Å². The summed E-state index contributed by atoms with van der Waals surface area (Å²) in [7, 11) is 0. The van der Waals surface area contributed by atoms with Gasteiger partial charge in [-0.25, -0.2) is 4.39 Å². The molecule has 3 aromatic carbocycles. The number of nitrogens with one attached hydrogen (secondary N) is 3. The van der Waals surface area contributed by atoms with E-state index in [-0.39, 0.29) is 23.7 Å². The van der Waals surface area contributed by atoms with Gasteiger partial charge in [0.15, 0.2) is 0 Å². The number of carbonyl (C=O) groups excluding carboxylic acids is 2. The fraction of sp³-hybridized carbons (Fsp3) is 0.267. The van der Waals surface area contributed by atoms with Gasteiger partial charge in [0.05, 0.1) is 11.6 Å². The Morgan fingerprint density at radius 1 is 1.03 bits per heavy atom. The molecule has 5 rings (SSSR count). The van der Waals surface area contributed by atoms with E-state index in [1.807, 2.05) is 19.1 Å². The zero-order valence-corrected chi connectivity index (χ0v) is 20.9. The fourth-order valence-corrected chi connectivity index (χ4v) is 4.83. The molecule has 2 heterocycles. The highest BCUT2D eigenvalue weighted by Crippen LogP contribution is 2.32. The normalized spacial score (nSPS) is 17.2. The minimum Gasteiger partial charge on any atom is -0.361 e. The van der Waals surface area contributed by atoms with Crippen LogP contribution in [0.15, 0.2) is 72.9 Å². The third-order valence-electron chi connectivity index (χ3n) is 6.97. The molecule has 190 valence electrons. The molecule has 0 spiro atoms. The molecular weight excluding hydrogens is 467 g/mol. The van der Waals surface area contributed by atoms with Gasteiger partial charge in [-0.1, -0.05) is 36.8 Å².